The minimum atomic E-state index is -0.400. The molecular weight excluding hydrogens is 216 g/mol. The molecule has 2 aliphatic heterocycles. The number of benzene rings is 1. The van der Waals surface area contributed by atoms with Gasteiger partial charge in [-0.15, -0.1) is 0 Å². The van der Waals surface area contributed by atoms with Gasteiger partial charge in [0.2, 0.25) is 0 Å². The summed E-state index contributed by atoms with van der Waals surface area (Å²) >= 11 is 0. The zero-order valence-corrected chi connectivity index (χ0v) is 9.73. The molecule has 4 nitrogen and oxygen atoms in total. The van der Waals surface area contributed by atoms with Crippen molar-refractivity contribution < 1.29 is 9.84 Å². The first-order valence-electron chi connectivity index (χ1n) is 6.17. The van der Waals surface area contributed by atoms with Crippen molar-refractivity contribution in [2.45, 2.75) is 31.1 Å². The molecule has 2 heterocycles. The van der Waals surface area contributed by atoms with E-state index in [1.807, 2.05) is 0 Å². The molecule has 1 aromatic carbocycles. The van der Waals surface area contributed by atoms with Crippen molar-refractivity contribution in [2.24, 2.45) is 5.73 Å². The van der Waals surface area contributed by atoms with E-state index in [-0.39, 0.29) is 12.1 Å². The maximum Gasteiger partial charge on any atom is 0.0975 e. The van der Waals surface area contributed by atoms with Crippen LogP contribution in [0.15, 0.2) is 18.2 Å². The minimum Gasteiger partial charge on any atom is -0.389 e. The Labute approximate surface area is 101 Å². The molecule has 92 valence electrons. The van der Waals surface area contributed by atoms with Gasteiger partial charge in [0, 0.05) is 17.7 Å². The Morgan fingerprint density at radius 1 is 1.47 bits per heavy atom. The van der Waals surface area contributed by atoms with Crippen LogP contribution >= 0.6 is 0 Å². The molecule has 1 fully saturated rings. The monoisotopic (exact) mass is 234 g/mol. The molecule has 1 aromatic rings. The second kappa shape index (κ2) is 4.29. The summed E-state index contributed by atoms with van der Waals surface area (Å²) < 4.78 is 5.70. The van der Waals surface area contributed by atoms with Gasteiger partial charge in [-0.05, 0) is 24.6 Å². The Kier molecular flexibility index (Phi) is 2.78. The molecule has 3 atom stereocenters. The van der Waals surface area contributed by atoms with E-state index in [0.29, 0.717) is 13.2 Å². The Morgan fingerprint density at radius 2 is 2.35 bits per heavy atom. The molecule has 0 aromatic heterocycles. The Morgan fingerprint density at radius 3 is 3.18 bits per heavy atom. The number of aliphatic hydroxyl groups excluding tert-OH is 1. The van der Waals surface area contributed by atoms with Crippen LogP contribution in [-0.4, -0.2) is 30.4 Å². The van der Waals surface area contributed by atoms with Gasteiger partial charge >= 0.3 is 0 Å². The van der Waals surface area contributed by atoms with Crippen molar-refractivity contribution >= 4 is 5.69 Å². The van der Waals surface area contributed by atoms with E-state index in [0.717, 1.165) is 18.5 Å². The van der Waals surface area contributed by atoms with Gasteiger partial charge in [0.15, 0.2) is 0 Å². The number of nitrogens with two attached hydrogens (primary N) is 1. The highest BCUT2D eigenvalue weighted by atomic mass is 16.5. The summed E-state index contributed by atoms with van der Waals surface area (Å²) in [6, 6.07) is 6.46. The van der Waals surface area contributed by atoms with Crippen LogP contribution in [0, 0.1) is 0 Å². The quantitative estimate of drug-likeness (QED) is 0.708. The summed E-state index contributed by atoms with van der Waals surface area (Å²) in [6.45, 7) is 1.09. The van der Waals surface area contributed by atoms with Gasteiger partial charge in [0.1, 0.15) is 0 Å². The minimum absolute atomic E-state index is 0.123. The van der Waals surface area contributed by atoms with Gasteiger partial charge in [-0.2, -0.15) is 0 Å². The highest BCUT2D eigenvalue weighted by Crippen LogP contribution is 2.39. The molecule has 2 aliphatic rings. The molecule has 3 rings (SSSR count). The highest BCUT2D eigenvalue weighted by molar-refractivity contribution is 5.57. The fourth-order valence-corrected chi connectivity index (χ4v) is 2.69. The molecule has 0 aliphatic carbocycles. The number of fused-ring (bicyclic) bond motifs is 4. The lowest BCUT2D eigenvalue weighted by molar-refractivity contribution is -0.0672. The number of hydrogen-bond donors (Lipinski definition) is 3. The van der Waals surface area contributed by atoms with Gasteiger partial charge < -0.3 is 20.9 Å². The SMILES string of the molecule is NCCc1ccc2c(c1)[C@@H]1C[C@@H](N2)[C@H](O)CO1. The second-order valence-electron chi connectivity index (χ2n) is 4.84. The Bertz CT molecular complexity index is 422. The van der Waals surface area contributed by atoms with E-state index in [1.54, 1.807) is 0 Å². The van der Waals surface area contributed by atoms with Crippen molar-refractivity contribution in [2.75, 3.05) is 18.5 Å². The molecule has 0 spiro atoms. The number of anilines is 1. The summed E-state index contributed by atoms with van der Waals surface area (Å²) in [6.07, 6.45) is 1.47. The highest BCUT2D eigenvalue weighted by Gasteiger charge is 2.36. The summed E-state index contributed by atoms with van der Waals surface area (Å²) in [5.74, 6) is 0. The fraction of sp³-hybridized carbons (Fsp3) is 0.538. The molecule has 0 radical (unpaired) electrons. The predicted octanol–water partition coefficient (Wildman–Crippen LogP) is 0.804. The van der Waals surface area contributed by atoms with Crippen molar-refractivity contribution in [3.05, 3.63) is 29.3 Å². The van der Waals surface area contributed by atoms with Crippen LogP contribution in [0.4, 0.5) is 5.69 Å². The van der Waals surface area contributed by atoms with Crippen LogP contribution in [0.3, 0.4) is 0 Å². The third kappa shape index (κ3) is 1.92. The lowest BCUT2D eigenvalue weighted by Crippen LogP contribution is -2.45. The Hall–Kier alpha value is -1.10. The number of rotatable bonds is 2. The topological polar surface area (TPSA) is 67.5 Å². The average molecular weight is 234 g/mol. The molecule has 4 N–H and O–H groups in total. The van der Waals surface area contributed by atoms with Crippen molar-refractivity contribution in [1.29, 1.82) is 0 Å². The maximum atomic E-state index is 9.78. The van der Waals surface area contributed by atoms with Crippen LogP contribution in [0.25, 0.3) is 0 Å². The van der Waals surface area contributed by atoms with E-state index in [9.17, 15) is 5.11 Å². The van der Waals surface area contributed by atoms with Gasteiger partial charge in [-0.25, -0.2) is 0 Å². The lowest BCUT2D eigenvalue weighted by Gasteiger charge is -2.40. The third-order valence-corrected chi connectivity index (χ3v) is 3.64. The van der Waals surface area contributed by atoms with Gasteiger partial charge in [0.25, 0.3) is 0 Å². The normalized spacial score (nSPS) is 30.6. The summed E-state index contributed by atoms with van der Waals surface area (Å²) in [5, 5.41) is 13.2. The summed E-state index contributed by atoms with van der Waals surface area (Å²) in [5.41, 5.74) is 9.12. The van der Waals surface area contributed by atoms with Gasteiger partial charge in [-0.1, -0.05) is 12.1 Å². The summed E-state index contributed by atoms with van der Waals surface area (Å²) in [7, 11) is 0. The number of aliphatic hydroxyl groups is 1. The Balaban J connectivity index is 1.93. The van der Waals surface area contributed by atoms with Gasteiger partial charge in [-0.3, -0.25) is 0 Å². The van der Waals surface area contributed by atoms with E-state index >= 15 is 0 Å². The molecule has 17 heavy (non-hydrogen) atoms. The smallest absolute Gasteiger partial charge is 0.0975 e. The zero-order valence-electron chi connectivity index (χ0n) is 9.73. The number of hydrogen-bond acceptors (Lipinski definition) is 4. The van der Waals surface area contributed by atoms with Crippen LogP contribution in [0.1, 0.15) is 23.7 Å². The standard InChI is InChI=1S/C13H18N2O2/c14-4-3-8-1-2-10-9(5-8)13-6-11(15-10)12(16)7-17-13/h1-2,5,11-13,15-16H,3-4,6-7,14H2/t11-,12-,13+/m1/s1. The van der Waals surface area contributed by atoms with E-state index in [2.05, 4.69) is 23.5 Å². The molecular formula is C13H18N2O2. The summed E-state index contributed by atoms with van der Waals surface area (Å²) in [4.78, 5) is 0. The largest absolute Gasteiger partial charge is 0.389 e. The molecule has 0 amide bonds. The van der Waals surface area contributed by atoms with Gasteiger partial charge in [0.05, 0.1) is 24.9 Å². The van der Waals surface area contributed by atoms with Crippen LogP contribution < -0.4 is 11.1 Å². The predicted molar refractivity (Wildman–Crippen MR) is 65.9 cm³/mol. The maximum absolute atomic E-state index is 9.78. The second-order valence-corrected chi connectivity index (χ2v) is 4.84. The van der Waals surface area contributed by atoms with Crippen molar-refractivity contribution in [3.8, 4) is 0 Å². The molecule has 0 saturated carbocycles. The zero-order chi connectivity index (χ0) is 11.8. The van der Waals surface area contributed by atoms with E-state index < -0.39 is 6.10 Å². The average Bonchev–Trinajstić information content (AvgIpc) is 2.35. The first kappa shape index (κ1) is 11.0. The van der Waals surface area contributed by atoms with Crippen molar-refractivity contribution in [1.82, 2.24) is 0 Å². The van der Waals surface area contributed by atoms with Crippen molar-refractivity contribution in [3.63, 3.8) is 0 Å². The molecule has 4 heteroatoms. The first-order chi connectivity index (χ1) is 8.28. The number of nitrogens with one attached hydrogen (secondary N) is 1. The lowest BCUT2D eigenvalue weighted by atomic mass is 9.89. The number of ether oxygens (including phenoxy) is 1. The molecule has 2 bridgehead atoms. The first-order valence-corrected chi connectivity index (χ1v) is 6.17. The molecule has 1 saturated heterocycles. The van der Waals surface area contributed by atoms with Crippen LogP contribution in [0.5, 0.6) is 0 Å². The van der Waals surface area contributed by atoms with Crippen LogP contribution in [-0.2, 0) is 11.2 Å². The van der Waals surface area contributed by atoms with E-state index in [4.69, 9.17) is 10.5 Å². The fourth-order valence-electron chi connectivity index (χ4n) is 2.69. The van der Waals surface area contributed by atoms with Crippen LogP contribution in [0.2, 0.25) is 0 Å². The van der Waals surface area contributed by atoms with E-state index in [1.165, 1.54) is 11.1 Å². The molecule has 0 unspecified atom stereocenters. The third-order valence-electron chi connectivity index (χ3n) is 3.64.